The highest BCUT2D eigenvalue weighted by molar-refractivity contribution is 6.30. The Kier molecular flexibility index (Phi) is 4.59. The molecule has 4 heteroatoms. The van der Waals surface area contributed by atoms with E-state index in [0.29, 0.717) is 5.02 Å². The maximum atomic E-state index is 11.2. The maximum Gasteiger partial charge on any atom is 0.307 e. The minimum Gasteiger partial charge on any atom is -0.461 e. The third kappa shape index (κ3) is 4.81. The zero-order chi connectivity index (χ0) is 11.3. The molecule has 0 saturated carbocycles. The number of hydrogen-bond donors (Lipinski definition) is 1. The Morgan fingerprint density at radius 1 is 1.47 bits per heavy atom. The molecule has 1 atom stereocenters. The van der Waals surface area contributed by atoms with Gasteiger partial charge in [0.1, 0.15) is 6.61 Å². The second-order valence-corrected chi connectivity index (χ2v) is 3.90. The highest BCUT2D eigenvalue weighted by atomic mass is 35.5. The van der Waals surface area contributed by atoms with E-state index in [0.717, 1.165) is 5.56 Å². The number of carbonyl (C=O) groups is 1. The van der Waals surface area contributed by atoms with E-state index in [1.165, 1.54) is 0 Å². The fourth-order valence-electron chi connectivity index (χ4n) is 1.07. The Hall–Kier alpha value is -1.06. The first-order valence-electron chi connectivity index (χ1n) is 4.73. The number of carbonyl (C=O) groups excluding carboxylic acids is 1. The van der Waals surface area contributed by atoms with Crippen LogP contribution in [0.15, 0.2) is 24.3 Å². The van der Waals surface area contributed by atoms with Crippen LogP contribution >= 0.6 is 11.6 Å². The number of nitrogens with two attached hydrogens (primary N) is 1. The van der Waals surface area contributed by atoms with Crippen LogP contribution in [0.3, 0.4) is 0 Å². The summed E-state index contributed by atoms with van der Waals surface area (Å²) >= 11 is 5.72. The molecule has 3 nitrogen and oxygen atoms in total. The van der Waals surface area contributed by atoms with E-state index in [2.05, 4.69) is 0 Å². The van der Waals surface area contributed by atoms with Crippen LogP contribution in [0.4, 0.5) is 0 Å². The predicted molar refractivity (Wildman–Crippen MR) is 59.5 cm³/mol. The van der Waals surface area contributed by atoms with Crippen molar-refractivity contribution in [2.45, 2.75) is 26.0 Å². The summed E-state index contributed by atoms with van der Waals surface area (Å²) in [5.74, 6) is -0.278. The van der Waals surface area contributed by atoms with Crippen LogP contribution in [-0.4, -0.2) is 12.0 Å². The summed E-state index contributed by atoms with van der Waals surface area (Å²) in [7, 11) is 0. The molecule has 0 bridgehead atoms. The number of benzene rings is 1. The highest BCUT2D eigenvalue weighted by Crippen LogP contribution is 2.10. The van der Waals surface area contributed by atoms with E-state index < -0.39 is 0 Å². The van der Waals surface area contributed by atoms with Gasteiger partial charge in [-0.05, 0) is 24.6 Å². The smallest absolute Gasteiger partial charge is 0.307 e. The van der Waals surface area contributed by atoms with Crippen molar-refractivity contribution >= 4 is 17.6 Å². The lowest BCUT2D eigenvalue weighted by molar-refractivity contribution is -0.145. The molecule has 0 aliphatic rings. The Balaban J connectivity index is 2.37. The molecular formula is C11H14ClNO2. The van der Waals surface area contributed by atoms with Gasteiger partial charge in [-0.2, -0.15) is 0 Å². The number of esters is 1. The first-order chi connectivity index (χ1) is 7.08. The van der Waals surface area contributed by atoms with Crippen LogP contribution in [0.25, 0.3) is 0 Å². The van der Waals surface area contributed by atoms with Crippen molar-refractivity contribution in [2.75, 3.05) is 0 Å². The van der Waals surface area contributed by atoms with Crippen molar-refractivity contribution < 1.29 is 9.53 Å². The number of hydrogen-bond acceptors (Lipinski definition) is 3. The van der Waals surface area contributed by atoms with E-state index in [9.17, 15) is 4.79 Å². The van der Waals surface area contributed by atoms with Gasteiger partial charge in [0, 0.05) is 11.1 Å². The Bertz CT molecular complexity index is 322. The Labute approximate surface area is 94.2 Å². The third-order valence-electron chi connectivity index (χ3n) is 1.80. The molecule has 1 aromatic rings. The zero-order valence-corrected chi connectivity index (χ0v) is 9.33. The average molecular weight is 228 g/mol. The molecule has 0 spiro atoms. The molecule has 0 fully saturated rings. The minimum absolute atomic E-state index is 0.164. The van der Waals surface area contributed by atoms with E-state index in [1.807, 2.05) is 12.1 Å². The summed E-state index contributed by atoms with van der Waals surface area (Å²) < 4.78 is 5.02. The van der Waals surface area contributed by atoms with Crippen LogP contribution in [0.2, 0.25) is 5.02 Å². The Morgan fingerprint density at radius 2 is 2.07 bits per heavy atom. The summed E-state index contributed by atoms with van der Waals surface area (Å²) in [5, 5.41) is 0.667. The summed E-state index contributed by atoms with van der Waals surface area (Å²) in [4.78, 5) is 11.2. The van der Waals surface area contributed by atoms with Crippen molar-refractivity contribution in [1.29, 1.82) is 0 Å². The van der Waals surface area contributed by atoms with Crippen LogP contribution in [0, 0.1) is 0 Å². The van der Waals surface area contributed by atoms with E-state index in [1.54, 1.807) is 19.1 Å². The molecule has 0 aliphatic heterocycles. The highest BCUT2D eigenvalue weighted by Gasteiger charge is 2.06. The van der Waals surface area contributed by atoms with Crippen LogP contribution in [-0.2, 0) is 16.1 Å². The zero-order valence-electron chi connectivity index (χ0n) is 8.57. The molecule has 0 amide bonds. The molecule has 82 valence electrons. The summed E-state index contributed by atoms with van der Waals surface area (Å²) in [6.07, 6.45) is 0.244. The molecule has 1 rings (SSSR count). The number of rotatable bonds is 4. The average Bonchev–Trinajstić information content (AvgIpc) is 2.16. The molecule has 0 saturated heterocycles. The topological polar surface area (TPSA) is 52.3 Å². The molecule has 1 unspecified atom stereocenters. The second-order valence-electron chi connectivity index (χ2n) is 3.47. The van der Waals surface area contributed by atoms with Crippen molar-refractivity contribution in [3.05, 3.63) is 34.9 Å². The summed E-state index contributed by atoms with van der Waals surface area (Å²) in [6.45, 7) is 2.03. The largest absolute Gasteiger partial charge is 0.461 e. The monoisotopic (exact) mass is 227 g/mol. The SMILES string of the molecule is CC(N)CC(=O)OCc1ccc(Cl)cc1. The Morgan fingerprint density at radius 3 is 2.60 bits per heavy atom. The molecule has 15 heavy (non-hydrogen) atoms. The normalized spacial score (nSPS) is 12.2. The van der Waals surface area contributed by atoms with Crippen molar-refractivity contribution in [1.82, 2.24) is 0 Å². The van der Waals surface area contributed by atoms with Gasteiger partial charge in [-0.25, -0.2) is 0 Å². The van der Waals surface area contributed by atoms with Gasteiger partial charge in [0.2, 0.25) is 0 Å². The van der Waals surface area contributed by atoms with Crippen LogP contribution in [0.5, 0.6) is 0 Å². The van der Waals surface area contributed by atoms with Gasteiger partial charge < -0.3 is 10.5 Å². The van der Waals surface area contributed by atoms with Gasteiger partial charge >= 0.3 is 5.97 Å². The van der Waals surface area contributed by atoms with E-state index in [4.69, 9.17) is 22.1 Å². The lowest BCUT2D eigenvalue weighted by Crippen LogP contribution is -2.20. The molecular weight excluding hydrogens is 214 g/mol. The molecule has 0 radical (unpaired) electrons. The molecule has 0 aliphatic carbocycles. The quantitative estimate of drug-likeness (QED) is 0.802. The lowest BCUT2D eigenvalue weighted by atomic mass is 10.2. The van der Waals surface area contributed by atoms with Crippen molar-refractivity contribution in [3.63, 3.8) is 0 Å². The van der Waals surface area contributed by atoms with Crippen molar-refractivity contribution in [2.24, 2.45) is 5.73 Å². The van der Waals surface area contributed by atoms with Gasteiger partial charge in [0.05, 0.1) is 6.42 Å². The minimum atomic E-state index is -0.278. The summed E-state index contributed by atoms with van der Waals surface area (Å²) in [6, 6.07) is 7.00. The van der Waals surface area contributed by atoms with Crippen LogP contribution in [0.1, 0.15) is 18.9 Å². The maximum absolute atomic E-state index is 11.2. The fourth-order valence-corrected chi connectivity index (χ4v) is 1.19. The number of halogens is 1. The van der Waals surface area contributed by atoms with Crippen LogP contribution < -0.4 is 5.73 Å². The first-order valence-corrected chi connectivity index (χ1v) is 5.11. The van der Waals surface area contributed by atoms with Gasteiger partial charge in [-0.3, -0.25) is 4.79 Å². The third-order valence-corrected chi connectivity index (χ3v) is 2.05. The second kappa shape index (κ2) is 5.73. The standard InChI is InChI=1S/C11H14ClNO2/c1-8(13)6-11(14)15-7-9-2-4-10(12)5-3-9/h2-5,8H,6-7,13H2,1H3. The van der Waals surface area contributed by atoms with E-state index >= 15 is 0 Å². The molecule has 0 aromatic heterocycles. The van der Waals surface area contributed by atoms with Gasteiger partial charge in [0.25, 0.3) is 0 Å². The fraction of sp³-hybridized carbons (Fsp3) is 0.364. The molecule has 1 aromatic carbocycles. The summed E-state index contributed by atoms with van der Waals surface area (Å²) in [5.41, 5.74) is 6.38. The van der Waals surface area contributed by atoms with E-state index in [-0.39, 0.29) is 25.0 Å². The van der Waals surface area contributed by atoms with Crippen molar-refractivity contribution in [3.8, 4) is 0 Å². The van der Waals surface area contributed by atoms with Gasteiger partial charge in [-0.1, -0.05) is 23.7 Å². The molecule has 2 N–H and O–H groups in total. The first kappa shape index (κ1) is 12.0. The number of ether oxygens (including phenoxy) is 1. The molecule has 0 heterocycles. The predicted octanol–water partition coefficient (Wildman–Crippen LogP) is 2.12. The lowest BCUT2D eigenvalue weighted by Gasteiger charge is -2.06. The van der Waals surface area contributed by atoms with Gasteiger partial charge in [0.15, 0.2) is 0 Å². The van der Waals surface area contributed by atoms with Gasteiger partial charge in [-0.15, -0.1) is 0 Å².